The second-order valence-electron chi connectivity index (χ2n) is 8.50. The van der Waals surface area contributed by atoms with Gasteiger partial charge in [-0.15, -0.1) is 0 Å². The standard InChI is InChI=1S/C23H25N7O/c1-30-22(15-6-4-13-3-2-8-26-21(13)18(15)10-24)19(12-27-30)14-5-7-16-17(9-14)20(11-25)28-29-23(16)31/h2-4,6,8,12,14,16-17,20,28H,5,7,9,11,25H2,1H3,(H,29,31). The van der Waals surface area contributed by atoms with Gasteiger partial charge in [0.05, 0.1) is 23.0 Å². The van der Waals surface area contributed by atoms with E-state index < -0.39 is 0 Å². The van der Waals surface area contributed by atoms with Crippen molar-refractivity contribution in [2.75, 3.05) is 6.54 Å². The van der Waals surface area contributed by atoms with Crippen molar-refractivity contribution in [1.82, 2.24) is 25.6 Å². The molecule has 31 heavy (non-hydrogen) atoms. The molecule has 1 aliphatic heterocycles. The summed E-state index contributed by atoms with van der Waals surface area (Å²) in [4.78, 5) is 16.8. The Bertz CT molecular complexity index is 1190. The first-order chi connectivity index (χ1) is 15.1. The predicted octanol–water partition coefficient (Wildman–Crippen LogP) is 1.97. The van der Waals surface area contributed by atoms with Crippen LogP contribution in [0.3, 0.4) is 0 Å². The SMILES string of the molecule is Cn1ncc(C2CCC3C(=O)NNC(CN)C3C2)c1-c1ccc2cccnc2c1C#N. The van der Waals surface area contributed by atoms with Crippen LogP contribution in [-0.2, 0) is 11.8 Å². The third kappa shape index (κ3) is 3.17. The van der Waals surface area contributed by atoms with Crippen LogP contribution in [0.2, 0.25) is 0 Å². The number of carbonyl (C=O) groups excluding carboxylic acids is 1. The fourth-order valence-electron chi connectivity index (χ4n) is 5.39. The zero-order valence-electron chi connectivity index (χ0n) is 17.4. The topological polar surface area (TPSA) is 122 Å². The fraction of sp³-hybridized carbons (Fsp3) is 0.391. The first kappa shape index (κ1) is 19.7. The Hall–Kier alpha value is -3.28. The number of nitriles is 1. The molecule has 2 aromatic heterocycles. The summed E-state index contributed by atoms with van der Waals surface area (Å²) >= 11 is 0. The van der Waals surface area contributed by atoms with E-state index >= 15 is 0 Å². The highest BCUT2D eigenvalue weighted by Gasteiger charge is 2.43. The van der Waals surface area contributed by atoms with Crippen molar-refractivity contribution in [3.8, 4) is 17.3 Å². The molecule has 0 radical (unpaired) electrons. The number of aromatic nitrogens is 3. The molecular weight excluding hydrogens is 390 g/mol. The number of nitrogens with zero attached hydrogens (tertiary/aromatic N) is 4. The third-order valence-corrected chi connectivity index (χ3v) is 6.94. The summed E-state index contributed by atoms with van der Waals surface area (Å²) in [5.74, 6) is 0.481. The zero-order valence-corrected chi connectivity index (χ0v) is 17.4. The van der Waals surface area contributed by atoms with Gasteiger partial charge in [-0.1, -0.05) is 18.2 Å². The van der Waals surface area contributed by atoms with E-state index in [0.29, 0.717) is 17.6 Å². The molecule has 4 N–H and O–H groups in total. The van der Waals surface area contributed by atoms with E-state index in [0.717, 1.165) is 41.5 Å². The number of pyridine rings is 1. The van der Waals surface area contributed by atoms with Crippen molar-refractivity contribution in [1.29, 1.82) is 5.26 Å². The van der Waals surface area contributed by atoms with E-state index in [4.69, 9.17) is 5.73 Å². The molecule has 8 nitrogen and oxygen atoms in total. The number of rotatable bonds is 3. The van der Waals surface area contributed by atoms with Gasteiger partial charge < -0.3 is 5.73 Å². The van der Waals surface area contributed by atoms with Gasteiger partial charge in [0.2, 0.25) is 5.91 Å². The Balaban J connectivity index is 1.57. The van der Waals surface area contributed by atoms with Crippen molar-refractivity contribution in [3.63, 3.8) is 0 Å². The van der Waals surface area contributed by atoms with Gasteiger partial charge in [0.15, 0.2) is 0 Å². The van der Waals surface area contributed by atoms with Gasteiger partial charge in [-0.3, -0.25) is 19.9 Å². The molecule has 2 aliphatic rings. The Morgan fingerprint density at radius 2 is 2.19 bits per heavy atom. The van der Waals surface area contributed by atoms with Gasteiger partial charge in [0.1, 0.15) is 6.07 Å². The first-order valence-electron chi connectivity index (χ1n) is 10.7. The van der Waals surface area contributed by atoms with Gasteiger partial charge in [0, 0.05) is 48.3 Å². The maximum absolute atomic E-state index is 12.4. The molecule has 1 aromatic carbocycles. The lowest BCUT2D eigenvalue weighted by molar-refractivity contribution is -0.133. The van der Waals surface area contributed by atoms with Crippen molar-refractivity contribution >= 4 is 16.8 Å². The van der Waals surface area contributed by atoms with Crippen molar-refractivity contribution in [2.24, 2.45) is 24.6 Å². The number of carbonyl (C=O) groups is 1. The van der Waals surface area contributed by atoms with Crippen LogP contribution < -0.4 is 16.6 Å². The molecule has 1 amide bonds. The van der Waals surface area contributed by atoms with Crippen LogP contribution in [0.15, 0.2) is 36.7 Å². The fourth-order valence-corrected chi connectivity index (χ4v) is 5.39. The van der Waals surface area contributed by atoms with Gasteiger partial charge in [-0.2, -0.15) is 10.4 Å². The molecule has 2 fully saturated rings. The minimum atomic E-state index is -0.00860. The van der Waals surface area contributed by atoms with E-state index in [1.165, 1.54) is 0 Å². The molecule has 4 unspecified atom stereocenters. The number of hydrogen-bond acceptors (Lipinski definition) is 6. The molecule has 0 bridgehead atoms. The van der Waals surface area contributed by atoms with Crippen LogP contribution in [0.1, 0.15) is 36.3 Å². The molecule has 8 heteroatoms. The molecular formula is C23H25N7O. The lowest BCUT2D eigenvalue weighted by atomic mass is 9.68. The summed E-state index contributed by atoms with van der Waals surface area (Å²) in [7, 11) is 1.91. The second-order valence-corrected chi connectivity index (χ2v) is 8.50. The van der Waals surface area contributed by atoms with Crippen molar-refractivity contribution in [2.45, 2.75) is 31.2 Å². The van der Waals surface area contributed by atoms with Gasteiger partial charge in [-0.25, -0.2) is 5.43 Å². The van der Waals surface area contributed by atoms with Crippen LogP contribution in [-0.4, -0.2) is 33.3 Å². The summed E-state index contributed by atoms with van der Waals surface area (Å²) in [6.45, 7) is 0.475. The largest absolute Gasteiger partial charge is 0.329 e. The number of aryl methyl sites for hydroxylation is 1. The quantitative estimate of drug-likeness (QED) is 0.601. The highest BCUT2D eigenvalue weighted by molar-refractivity contribution is 5.91. The Labute approximate surface area is 180 Å². The van der Waals surface area contributed by atoms with E-state index in [2.05, 4.69) is 27.0 Å². The number of nitrogens with two attached hydrogens (primary N) is 1. The molecule has 3 heterocycles. The molecule has 1 aliphatic carbocycles. The number of hydrazine groups is 1. The average Bonchev–Trinajstić information content (AvgIpc) is 3.19. The number of fused-ring (bicyclic) bond motifs is 2. The molecule has 3 aromatic rings. The monoisotopic (exact) mass is 415 g/mol. The normalized spacial score (nSPS) is 25.6. The molecule has 158 valence electrons. The smallest absolute Gasteiger partial charge is 0.237 e. The van der Waals surface area contributed by atoms with Gasteiger partial charge >= 0.3 is 0 Å². The van der Waals surface area contributed by atoms with Crippen LogP contribution >= 0.6 is 0 Å². The van der Waals surface area contributed by atoms with Crippen LogP contribution in [0, 0.1) is 23.2 Å². The number of hydrogen-bond donors (Lipinski definition) is 3. The summed E-state index contributed by atoms with van der Waals surface area (Å²) in [5.41, 5.74) is 16.0. The van der Waals surface area contributed by atoms with E-state index in [9.17, 15) is 10.1 Å². The predicted molar refractivity (Wildman–Crippen MR) is 116 cm³/mol. The van der Waals surface area contributed by atoms with Crippen molar-refractivity contribution in [3.05, 3.63) is 47.8 Å². The van der Waals surface area contributed by atoms with Crippen LogP contribution in [0.4, 0.5) is 0 Å². The molecule has 0 spiro atoms. The van der Waals surface area contributed by atoms with Gasteiger partial charge in [0.25, 0.3) is 0 Å². The molecule has 4 atom stereocenters. The molecule has 1 saturated carbocycles. The lowest BCUT2D eigenvalue weighted by Gasteiger charge is -2.43. The lowest BCUT2D eigenvalue weighted by Crippen LogP contribution is -2.62. The van der Waals surface area contributed by atoms with Crippen LogP contribution in [0.5, 0.6) is 0 Å². The van der Waals surface area contributed by atoms with Crippen LogP contribution in [0.25, 0.3) is 22.2 Å². The van der Waals surface area contributed by atoms with E-state index in [-0.39, 0.29) is 29.7 Å². The highest BCUT2D eigenvalue weighted by Crippen LogP contribution is 2.45. The second kappa shape index (κ2) is 7.76. The number of amides is 1. The number of benzene rings is 1. The van der Waals surface area contributed by atoms with E-state index in [1.807, 2.05) is 42.2 Å². The summed E-state index contributed by atoms with van der Waals surface area (Å²) in [5, 5.41) is 15.5. The maximum atomic E-state index is 12.4. The summed E-state index contributed by atoms with van der Waals surface area (Å²) < 4.78 is 1.85. The van der Waals surface area contributed by atoms with E-state index in [1.54, 1.807) is 6.20 Å². The number of nitrogens with one attached hydrogen (secondary N) is 2. The first-order valence-corrected chi connectivity index (χ1v) is 10.7. The minimum Gasteiger partial charge on any atom is -0.329 e. The Kier molecular flexibility index (Phi) is 4.93. The Morgan fingerprint density at radius 3 is 3.00 bits per heavy atom. The zero-order chi connectivity index (χ0) is 21.5. The third-order valence-electron chi connectivity index (χ3n) is 6.94. The van der Waals surface area contributed by atoms with Gasteiger partial charge in [-0.05, 0) is 37.2 Å². The highest BCUT2D eigenvalue weighted by atomic mass is 16.2. The summed E-state index contributed by atoms with van der Waals surface area (Å²) in [6, 6.07) is 10.3. The minimum absolute atomic E-state index is 0.00860. The average molecular weight is 416 g/mol. The maximum Gasteiger partial charge on any atom is 0.237 e. The Morgan fingerprint density at radius 1 is 1.32 bits per heavy atom. The summed E-state index contributed by atoms with van der Waals surface area (Å²) in [6.07, 6.45) is 6.21. The van der Waals surface area contributed by atoms with Crippen molar-refractivity contribution < 1.29 is 4.79 Å². The molecule has 5 rings (SSSR count). The molecule has 1 saturated heterocycles.